The summed E-state index contributed by atoms with van der Waals surface area (Å²) < 4.78 is 0. The largest absolute Gasteiger partial charge is 0.363 e. The van der Waals surface area contributed by atoms with Crippen LogP contribution in [0, 0.1) is 6.92 Å². The van der Waals surface area contributed by atoms with Crippen molar-refractivity contribution in [2.75, 3.05) is 38.6 Å². The van der Waals surface area contributed by atoms with E-state index in [1.54, 1.807) is 0 Å². The third-order valence-corrected chi connectivity index (χ3v) is 6.17. The van der Waals surface area contributed by atoms with E-state index in [4.69, 9.17) is 4.98 Å². The molecule has 4 rings (SSSR count). The van der Waals surface area contributed by atoms with Crippen molar-refractivity contribution >= 4 is 22.6 Å². The molecule has 7 nitrogen and oxygen atoms in total. The molecule has 3 aromatic rings. The molecule has 0 bridgehead atoms. The number of hydrogen-bond donors (Lipinski definition) is 2. The number of aromatic nitrogens is 3. The molecule has 1 aromatic carbocycles. The van der Waals surface area contributed by atoms with E-state index in [1.807, 2.05) is 50.3 Å². The summed E-state index contributed by atoms with van der Waals surface area (Å²) in [5, 5.41) is 4.45. The Morgan fingerprint density at radius 3 is 2.78 bits per heavy atom. The van der Waals surface area contributed by atoms with Crippen molar-refractivity contribution in [1.29, 1.82) is 0 Å². The molecule has 1 fully saturated rings. The number of nitrogens with one attached hydrogen (secondary N) is 2. The number of fused-ring (bicyclic) bond motifs is 1. The van der Waals surface area contributed by atoms with Gasteiger partial charge in [0.1, 0.15) is 11.6 Å². The maximum atomic E-state index is 12.9. The summed E-state index contributed by atoms with van der Waals surface area (Å²) in [5.74, 6) is 1.63. The monoisotopic (exact) mass is 434 g/mol. The highest BCUT2D eigenvalue weighted by Crippen LogP contribution is 2.25. The fourth-order valence-electron chi connectivity index (χ4n) is 4.47. The third kappa shape index (κ3) is 5.46. The van der Waals surface area contributed by atoms with E-state index in [1.165, 1.54) is 36.9 Å². The van der Waals surface area contributed by atoms with Crippen molar-refractivity contribution in [2.24, 2.45) is 0 Å². The van der Waals surface area contributed by atoms with Gasteiger partial charge >= 0.3 is 0 Å². The molecule has 0 aliphatic carbocycles. The van der Waals surface area contributed by atoms with Crippen molar-refractivity contribution in [3.05, 3.63) is 53.6 Å². The van der Waals surface area contributed by atoms with Gasteiger partial charge in [0.25, 0.3) is 0 Å². The summed E-state index contributed by atoms with van der Waals surface area (Å²) >= 11 is 0. The molecule has 1 amide bonds. The summed E-state index contributed by atoms with van der Waals surface area (Å²) in [4.78, 5) is 29.9. The molecule has 2 N–H and O–H groups in total. The quantitative estimate of drug-likeness (QED) is 0.538. The van der Waals surface area contributed by atoms with Crippen LogP contribution >= 0.6 is 0 Å². The lowest BCUT2D eigenvalue weighted by atomic mass is 10.0. The first-order valence-electron chi connectivity index (χ1n) is 11.6. The van der Waals surface area contributed by atoms with Crippen molar-refractivity contribution in [3.63, 3.8) is 0 Å². The lowest BCUT2D eigenvalue weighted by molar-refractivity contribution is -0.122. The second kappa shape index (κ2) is 10.1. The smallest absolute Gasteiger partial charge is 0.220 e. The van der Waals surface area contributed by atoms with E-state index < -0.39 is 0 Å². The Bertz CT molecular complexity index is 1050. The summed E-state index contributed by atoms with van der Waals surface area (Å²) in [6.07, 6.45) is 6.69. The van der Waals surface area contributed by atoms with Crippen LogP contribution in [0.5, 0.6) is 0 Å². The van der Waals surface area contributed by atoms with Crippen LogP contribution in [-0.2, 0) is 11.2 Å². The van der Waals surface area contributed by atoms with E-state index >= 15 is 0 Å². The molecule has 1 saturated heterocycles. The van der Waals surface area contributed by atoms with Crippen LogP contribution in [-0.4, -0.2) is 59.5 Å². The summed E-state index contributed by atoms with van der Waals surface area (Å²) in [6, 6.07) is 10.0. The molecular formula is C25H34N6O. The Kier molecular flexibility index (Phi) is 7.05. The molecule has 1 aliphatic heterocycles. The standard InChI is InChI=1S/C25H34N6O/c1-18-27-23(16-24(28-18)30(2)3)22(15-19-17-26-21-10-5-4-9-20(19)21)29-25(32)11-8-14-31-12-6-7-13-31/h4-5,9-10,16-17,22,26H,6-8,11-15H2,1-3H3,(H,29,32)/t22-/m1/s1. The van der Waals surface area contributed by atoms with Crippen LogP contribution in [0.2, 0.25) is 0 Å². The Balaban J connectivity index is 1.53. The van der Waals surface area contributed by atoms with Crippen LogP contribution in [0.3, 0.4) is 0 Å². The van der Waals surface area contributed by atoms with Crippen LogP contribution < -0.4 is 10.2 Å². The molecule has 0 spiro atoms. The number of rotatable bonds is 9. The van der Waals surface area contributed by atoms with Crippen molar-refractivity contribution < 1.29 is 4.79 Å². The van der Waals surface area contributed by atoms with Gasteiger partial charge in [0, 0.05) is 50.1 Å². The predicted octanol–water partition coefficient (Wildman–Crippen LogP) is 3.61. The van der Waals surface area contributed by atoms with E-state index in [0.717, 1.165) is 30.0 Å². The lowest BCUT2D eigenvalue weighted by Gasteiger charge is -2.21. The van der Waals surface area contributed by atoms with Crippen LogP contribution in [0.25, 0.3) is 10.9 Å². The van der Waals surface area contributed by atoms with Gasteiger partial charge in [-0.2, -0.15) is 0 Å². The average molecular weight is 435 g/mol. The van der Waals surface area contributed by atoms with Crippen molar-refractivity contribution in [3.8, 4) is 0 Å². The average Bonchev–Trinajstić information content (AvgIpc) is 3.43. The molecule has 3 heterocycles. The second-order valence-corrected chi connectivity index (χ2v) is 8.93. The number of hydrogen-bond acceptors (Lipinski definition) is 5. The maximum absolute atomic E-state index is 12.9. The molecular weight excluding hydrogens is 400 g/mol. The van der Waals surface area contributed by atoms with Gasteiger partial charge in [0.2, 0.25) is 5.91 Å². The number of aryl methyl sites for hydroxylation is 1. The zero-order chi connectivity index (χ0) is 22.5. The van der Waals surface area contributed by atoms with E-state index in [0.29, 0.717) is 18.7 Å². The second-order valence-electron chi connectivity index (χ2n) is 8.93. The Morgan fingerprint density at radius 2 is 2.00 bits per heavy atom. The van der Waals surface area contributed by atoms with Gasteiger partial charge in [-0.25, -0.2) is 9.97 Å². The number of likely N-dealkylation sites (tertiary alicyclic amines) is 1. The van der Waals surface area contributed by atoms with Gasteiger partial charge in [0.15, 0.2) is 0 Å². The van der Waals surface area contributed by atoms with Gasteiger partial charge in [0.05, 0.1) is 11.7 Å². The number of para-hydroxylation sites is 1. The van der Waals surface area contributed by atoms with Gasteiger partial charge < -0.3 is 20.1 Å². The van der Waals surface area contributed by atoms with E-state index in [9.17, 15) is 4.79 Å². The molecule has 170 valence electrons. The first-order valence-corrected chi connectivity index (χ1v) is 11.6. The minimum Gasteiger partial charge on any atom is -0.363 e. The highest BCUT2D eigenvalue weighted by molar-refractivity contribution is 5.83. The van der Waals surface area contributed by atoms with E-state index in [2.05, 4.69) is 32.3 Å². The summed E-state index contributed by atoms with van der Waals surface area (Å²) in [6.45, 7) is 5.23. The summed E-state index contributed by atoms with van der Waals surface area (Å²) in [7, 11) is 3.94. The van der Waals surface area contributed by atoms with Crippen molar-refractivity contribution in [1.82, 2.24) is 25.2 Å². The first-order chi connectivity index (χ1) is 15.5. The first kappa shape index (κ1) is 22.3. The van der Waals surface area contributed by atoms with Crippen LogP contribution in [0.1, 0.15) is 48.8 Å². The fourth-order valence-corrected chi connectivity index (χ4v) is 4.47. The van der Waals surface area contributed by atoms with Gasteiger partial charge in [-0.15, -0.1) is 0 Å². The minimum atomic E-state index is -0.214. The molecule has 0 unspecified atom stereocenters. The number of aromatic amines is 1. The number of carbonyl (C=O) groups excluding carboxylic acids is 1. The molecule has 0 saturated carbocycles. The molecule has 1 aliphatic rings. The fraction of sp³-hybridized carbons (Fsp3) is 0.480. The molecule has 0 radical (unpaired) electrons. The number of anilines is 1. The molecule has 2 aromatic heterocycles. The predicted molar refractivity (Wildman–Crippen MR) is 129 cm³/mol. The van der Waals surface area contributed by atoms with Crippen LogP contribution in [0.4, 0.5) is 5.82 Å². The zero-order valence-electron chi connectivity index (χ0n) is 19.4. The highest BCUT2D eigenvalue weighted by Gasteiger charge is 2.21. The topological polar surface area (TPSA) is 77.2 Å². The number of nitrogens with zero attached hydrogens (tertiary/aromatic N) is 4. The molecule has 1 atom stereocenters. The van der Waals surface area contributed by atoms with Gasteiger partial charge in [-0.3, -0.25) is 4.79 Å². The number of amides is 1. The number of carbonyl (C=O) groups is 1. The molecule has 7 heteroatoms. The Morgan fingerprint density at radius 1 is 1.22 bits per heavy atom. The van der Waals surface area contributed by atoms with Crippen molar-refractivity contribution in [2.45, 2.75) is 45.1 Å². The zero-order valence-corrected chi connectivity index (χ0v) is 19.4. The van der Waals surface area contributed by atoms with Gasteiger partial charge in [-0.1, -0.05) is 18.2 Å². The maximum Gasteiger partial charge on any atom is 0.220 e. The number of H-pyrrole nitrogens is 1. The lowest BCUT2D eigenvalue weighted by Crippen LogP contribution is -2.32. The Labute approximate surface area is 190 Å². The Hall–Kier alpha value is -2.93. The SMILES string of the molecule is Cc1nc([C@@H](Cc2c[nH]c3ccccc23)NC(=O)CCCN2CCCC2)cc(N(C)C)n1. The normalized spacial score (nSPS) is 15.2. The minimum absolute atomic E-state index is 0.0803. The van der Waals surface area contributed by atoms with Gasteiger partial charge in [-0.05, 0) is 57.5 Å². The summed E-state index contributed by atoms with van der Waals surface area (Å²) in [5.41, 5.74) is 3.12. The number of benzene rings is 1. The highest BCUT2D eigenvalue weighted by atomic mass is 16.1. The third-order valence-electron chi connectivity index (χ3n) is 6.17. The molecule has 32 heavy (non-hydrogen) atoms. The van der Waals surface area contributed by atoms with Crippen LogP contribution in [0.15, 0.2) is 36.5 Å². The van der Waals surface area contributed by atoms with E-state index in [-0.39, 0.29) is 11.9 Å².